The van der Waals surface area contributed by atoms with Gasteiger partial charge in [0.05, 0.1) is 42.7 Å². The Morgan fingerprint density at radius 2 is 1.07 bits per heavy atom. The Kier molecular flexibility index (Phi) is 21.2. The molecule has 4 rings (SSSR count). The molecule has 4 amide bonds. The zero-order chi connectivity index (χ0) is 31.5. The van der Waals surface area contributed by atoms with Crippen LogP contribution in [0.4, 0.5) is 4.39 Å². The smallest absolute Gasteiger partial charge is 0.352 e. The zero-order valence-electron chi connectivity index (χ0n) is 25.7. The summed E-state index contributed by atoms with van der Waals surface area (Å²) in [6.45, 7) is 10.0. The molecule has 1 N–H and O–H groups in total. The maximum Gasteiger partial charge on any atom is 1.00 e. The number of amides is 4. The second-order valence-corrected chi connectivity index (χ2v) is 8.58. The van der Waals surface area contributed by atoms with Gasteiger partial charge in [0, 0.05) is 26.4 Å². The van der Waals surface area contributed by atoms with E-state index in [1.54, 1.807) is 48.5 Å². The van der Waals surface area contributed by atoms with E-state index in [-0.39, 0.29) is 87.8 Å². The normalized spacial score (nSPS) is 13.0. The van der Waals surface area contributed by atoms with E-state index in [0.717, 1.165) is 5.33 Å². The van der Waals surface area contributed by atoms with Crippen LogP contribution >= 0.6 is 15.9 Å². The van der Waals surface area contributed by atoms with Crippen molar-refractivity contribution in [3.05, 3.63) is 70.8 Å². The van der Waals surface area contributed by atoms with E-state index in [1.807, 2.05) is 27.7 Å². The summed E-state index contributed by atoms with van der Waals surface area (Å²) in [4.78, 5) is 47.4. The zero-order valence-corrected chi connectivity index (χ0v) is 29.4. The molecule has 0 radical (unpaired) electrons. The number of fused-ring (bicyclic) bond motifs is 2. The van der Waals surface area contributed by atoms with Crippen molar-refractivity contribution in [3.63, 3.8) is 0 Å². The van der Waals surface area contributed by atoms with E-state index in [4.69, 9.17) is 20.3 Å². The van der Waals surface area contributed by atoms with Gasteiger partial charge in [-0.25, -0.2) is 0 Å². The SMILES string of the molecule is CCOC(CBr)OCC.CCOC(CN1C(=O)c2ccccc2C1=O)OCC.O=C1NC(=O)c2ccccc21.[2H]CF.[K+]. The summed E-state index contributed by atoms with van der Waals surface area (Å²) in [5, 5.41) is 2.95. The van der Waals surface area contributed by atoms with E-state index in [0.29, 0.717) is 48.7 Å². The first kappa shape index (κ1) is 38.6. The third kappa shape index (κ3) is 12.3. The number of rotatable bonds is 11. The third-order valence-electron chi connectivity index (χ3n) is 5.39. The molecule has 42 heavy (non-hydrogen) atoms. The molecule has 2 aromatic rings. The van der Waals surface area contributed by atoms with Crippen molar-refractivity contribution in [2.45, 2.75) is 40.3 Å². The van der Waals surface area contributed by atoms with Crippen LogP contribution in [0.15, 0.2) is 48.5 Å². The largest absolute Gasteiger partial charge is 1.00 e. The Labute approximate surface area is 298 Å². The van der Waals surface area contributed by atoms with Gasteiger partial charge in [0.2, 0.25) is 0 Å². The summed E-state index contributed by atoms with van der Waals surface area (Å²) in [5.74, 6) is -1.17. The molecule has 226 valence electrons. The molecule has 0 unspecified atom stereocenters. The number of alkyl halides is 2. The number of hydrogen-bond donors (Lipinski definition) is 1. The molecule has 0 saturated carbocycles. The molecule has 0 spiro atoms. The van der Waals surface area contributed by atoms with E-state index in [9.17, 15) is 23.6 Å². The quantitative estimate of drug-likeness (QED) is 0.165. The Bertz CT molecular complexity index is 1080. The second-order valence-electron chi connectivity index (χ2n) is 7.93. The van der Waals surface area contributed by atoms with Crippen LogP contribution < -0.4 is 56.7 Å². The van der Waals surface area contributed by atoms with Gasteiger partial charge in [-0.1, -0.05) is 40.2 Å². The maximum absolute atomic E-state index is 12.1. The van der Waals surface area contributed by atoms with E-state index in [1.165, 1.54) is 4.90 Å². The summed E-state index contributed by atoms with van der Waals surface area (Å²) in [6.07, 6.45) is -0.641. The number of ether oxygens (including phenoxy) is 4. The van der Waals surface area contributed by atoms with Gasteiger partial charge < -0.3 is 18.9 Å². The van der Waals surface area contributed by atoms with Crippen LogP contribution in [-0.4, -0.2) is 86.6 Å². The van der Waals surface area contributed by atoms with Crippen molar-refractivity contribution < 1.29 is 95.3 Å². The number of nitrogens with zero attached hydrogens (tertiary/aromatic N) is 1. The predicted molar refractivity (Wildman–Crippen MR) is 155 cm³/mol. The molecule has 2 aliphatic heterocycles. The molecule has 13 heteroatoms. The van der Waals surface area contributed by atoms with Crippen molar-refractivity contribution in [2.24, 2.45) is 0 Å². The van der Waals surface area contributed by atoms with Gasteiger partial charge in [0.25, 0.3) is 23.6 Å². The number of nitrogens with one attached hydrogen (secondary N) is 1. The van der Waals surface area contributed by atoms with Gasteiger partial charge in [0.1, 0.15) is 0 Å². The van der Waals surface area contributed by atoms with Crippen molar-refractivity contribution >= 4 is 39.6 Å². The monoisotopic (exact) mass is 680 g/mol. The minimum absolute atomic E-state index is 0. The average Bonchev–Trinajstić information content (AvgIpc) is 3.41. The Hall–Kier alpha value is -1.39. The number of imide groups is 2. The van der Waals surface area contributed by atoms with Crippen LogP contribution in [0, 0.1) is 0 Å². The molecule has 0 fully saturated rings. The van der Waals surface area contributed by atoms with Crippen LogP contribution in [0.3, 0.4) is 0 Å². The number of carbonyl (C=O) groups is 4. The Balaban J connectivity index is 0.000000627. The van der Waals surface area contributed by atoms with Gasteiger partial charge in [-0.05, 0) is 52.0 Å². The standard InChI is InChI=1S/C14H17NO4.C8H5NO2.C6H13BrO2.CH3F.K/c1-3-18-12(19-4-2)9-15-13(16)10-7-5-6-8-11(10)14(15)17;10-7-5-3-1-2-4-6(5)8(11)9-7;1-3-8-6(5-7)9-4-2;1-2;/h5-8,12H,3-4,9H2,1-2H3;1-4H,(H,9,10,11);6H,3-5H2,1-2H3;1H3;/q;;;;+1/i;;;1D;. The van der Waals surface area contributed by atoms with Crippen molar-refractivity contribution in [2.75, 3.05) is 45.5 Å². The molecular formula is C29H38BrFKN2O8+. The van der Waals surface area contributed by atoms with Gasteiger partial charge in [-0.2, -0.15) is 0 Å². The summed E-state index contributed by atoms with van der Waals surface area (Å²) in [7, 11) is -1.00. The van der Waals surface area contributed by atoms with Crippen LogP contribution in [0.5, 0.6) is 0 Å². The van der Waals surface area contributed by atoms with Crippen LogP contribution in [0.2, 0.25) is 0 Å². The Morgan fingerprint density at radius 1 is 0.738 bits per heavy atom. The maximum atomic E-state index is 12.1. The van der Waals surface area contributed by atoms with Crippen molar-refractivity contribution in [3.8, 4) is 0 Å². The molecule has 2 heterocycles. The minimum atomic E-state index is -1.00. The van der Waals surface area contributed by atoms with Gasteiger partial charge >= 0.3 is 51.4 Å². The fourth-order valence-electron chi connectivity index (χ4n) is 3.71. The van der Waals surface area contributed by atoms with Crippen molar-refractivity contribution in [1.29, 1.82) is 0 Å². The molecule has 0 aliphatic carbocycles. The van der Waals surface area contributed by atoms with Gasteiger partial charge in [-0.3, -0.25) is 33.8 Å². The summed E-state index contributed by atoms with van der Waals surface area (Å²) in [5.41, 5.74) is 1.83. The molecule has 0 bridgehead atoms. The summed E-state index contributed by atoms with van der Waals surface area (Å²) < 4.78 is 36.6. The first-order valence-corrected chi connectivity index (χ1v) is 14.1. The molecule has 2 aliphatic rings. The van der Waals surface area contributed by atoms with E-state index < -0.39 is 13.4 Å². The number of halogens is 2. The Morgan fingerprint density at radius 3 is 1.40 bits per heavy atom. The first-order valence-electron chi connectivity index (χ1n) is 13.7. The molecule has 10 nitrogen and oxygen atoms in total. The topological polar surface area (TPSA) is 120 Å². The fraction of sp³-hybridized carbons (Fsp3) is 0.448. The first-order chi connectivity index (χ1) is 20.2. The van der Waals surface area contributed by atoms with Gasteiger partial charge in [0.15, 0.2) is 12.6 Å². The number of hydrogen-bond acceptors (Lipinski definition) is 8. The van der Waals surface area contributed by atoms with Crippen molar-refractivity contribution in [1.82, 2.24) is 10.2 Å². The predicted octanol–water partition coefficient (Wildman–Crippen LogP) is 1.62. The number of carbonyl (C=O) groups excluding carboxylic acids is 4. The molecule has 0 saturated heterocycles. The minimum Gasteiger partial charge on any atom is -0.352 e. The van der Waals surface area contributed by atoms with Gasteiger partial charge in [-0.15, -0.1) is 0 Å². The fourth-order valence-corrected chi connectivity index (χ4v) is 4.08. The molecule has 0 atom stereocenters. The molecule has 2 aromatic carbocycles. The van der Waals surface area contributed by atoms with Crippen LogP contribution in [-0.2, 0) is 18.9 Å². The average molecular weight is 682 g/mol. The summed E-state index contributed by atoms with van der Waals surface area (Å²) in [6, 6.07) is 13.5. The van der Waals surface area contributed by atoms with E-state index in [2.05, 4.69) is 21.2 Å². The second kappa shape index (κ2) is 23.1. The van der Waals surface area contributed by atoms with Crippen LogP contribution in [0.25, 0.3) is 0 Å². The molecular weight excluding hydrogens is 642 g/mol. The molecule has 0 aromatic heterocycles. The third-order valence-corrected chi connectivity index (χ3v) is 5.92. The van der Waals surface area contributed by atoms with Crippen LogP contribution in [0.1, 0.15) is 70.5 Å². The summed E-state index contributed by atoms with van der Waals surface area (Å²) >= 11 is 3.27. The number of benzene rings is 2. The van der Waals surface area contributed by atoms with E-state index >= 15 is 0 Å².